The Morgan fingerprint density at radius 3 is 2.29 bits per heavy atom. The van der Waals surface area contributed by atoms with Gasteiger partial charge in [0.2, 0.25) is 0 Å². The molecule has 2 aromatic carbocycles. The molecule has 0 unspecified atom stereocenters. The van der Waals surface area contributed by atoms with Gasteiger partial charge in [-0.3, -0.25) is 4.31 Å². The molecule has 0 saturated carbocycles. The molecule has 0 radical (unpaired) electrons. The van der Waals surface area contributed by atoms with Gasteiger partial charge in [0.1, 0.15) is 16.5 Å². The molecule has 0 aliphatic heterocycles. The Morgan fingerprint density at radius 2 is 1.76 bits per heavy atom. The summed E-state index contributed by atoms with van der Waals surface area (Å²) in [6, 6.07) is 9.48. The normalized spacial score (nSPS) is 11.2. The fourth-order valence-electron chi connectivity index (χ4n) is 1.83. The average Bonchev–Trinajstić information content (AvgIpc) is 2.46. The summed E-state index contributed by atoms with van der Waals surface area (Å²) >= 11 is 0. The van der Waals surface area contributed by atoms with Crippen LogP contribution in [-0.4, -0.2) is 22.6 Å². The molecule has 0 spiro atoms. The van der Waals surface area contributed by atoms with Gasteiger partial charge in [0.15, 0.2) is 0 Å². The zero-order valence-electron chi connectivity index (χ0n) is 11.6. The number of hydrogen-bond donors (Lipinski definition) is 1. The Balaban J connectivity index is 2.44. The molecule has 21 heavy (non-hydrogen) atoms. The Bertz CT molecular complexity index is 745. The highest BCUT2D eigenvalue weighted by atomic mass is 32.2. The Labute approximate surface area is 122 Å². The SMILES string of the molecule is COc1ccc(S(=O)(=O)N(C)c2ccc(F)cc2)c(N)c1. The summed E-state index contributed by atoms with van der Waals surface area (Å²) in [6.07, 6.45) is 0. The second-order valence-corrected chi connectivity index (χ2v) is 6.29. The summed E-state index contributed by atoms with van der Waals surface area (Å²) < 4.78 is 44.1. The average molecular weight is 310 g/mol. The van der Waals surface area contributed by atoms with Crippen molar-refractivity contribution in [2.75, 3.05) is 24.2 Å². The summed E-state index contributed by atoms with van der Waals surface area (Å²) in [6.45, 7) is 0. The van der Waals surface area contributed by atoms with Crippen LogP contribution in [0.5, 0.6) is 5.75 Å². The zero-order valence-corrected chi connectivity index (χ0v) is 12.4. The molecular formula is C14H15FN2O3S. The number of sulfonamides is 1. The summed E-state index contributed by atoms with van der Waals surface area (Å²) in [5, 5.41) is 0. The van der Waals surface area contributed by atoms with Crippen LogP contribution in [0, 0.1) is 5.82 Å². The number of anilines is 2. The number of ether oxygens (including phenoxy) is 1. The molecule has 0 bridgehead atoms. The van der Waals surface area contributed by atoms with Crippen molar-refractivity contribution in [2.24, 2.45) is 0 Å². The van der Waals surface area contributed by atoms with E-state index in [0.29, 0.717) is 11.4 Å². The summed E-state index contributed by atoms with van der Waals surface area (Å²) in [5.74, 6) is 0.0318. The van der Waals surface area contributed by atoms with Crippen LogP contribution >= 0.6 is 0 Å². The van der Waals surface area contributed by atoms with E-state index in [2.05, 4.69) is 0 Å². The minimum Gasteiger partial charge on any atom is -0.497 e. The molecule has 0 heterocycles. The molecule has 0 aliphatic carbocycles. The molecule has 0 aromatic heterocycles. The minimum atomic E-state index is -3.83. The van der Waals surface area contributed by atoms with Crippen molar-refractivity contribution in [3.05, 3.63) is 48.3 Å². The van der Waals surface area contributed by atoms with Gasteiger partial charge < -0.3 is 10.5 Å². The number of nitrogens with two attached hydrogens (primary N) is 1. The zero-order chi connectivity index (χ0) is 15.6. The second-order valence-electron chi connectivity index (χ2n) is 4.35. The van der Waals surface area contributed by atoms with Crippen LogP contribution in [-0.2, 0) is 10.0 Å². The lowest BCUT2D eigenvalue weighted by Crippen LogP contribution is -2.27. The van der Waals surface area contributed by atoms with Gasteiger partial charge in [-0.05, 0) is 36.4 Å². The van der Waals surface area contributed by atoms with E-state index in [9.17, 15) is 12.8 Å². The first-order valence-electron chi connectivity index (χ1n) is 6.04. The van der Waals surface area contributed by atoms with Crippen molar-refractivity contribution >= 4 is 21.4 Å². The van der Waals surface area contributed by atoms with E-state index in [0.717, 1.165) is 4.31 Å². The predicted molar refractivity (Wildman–Crippen MR) is 79.4 cm³/mol. The van der Waals surface area contributed by atoms with Gasteiger partial charge in [-0.2, -0.15) is 0 Å². The van der Waals surface area contributed by atoms with Crippen molar-refractivity contribution in [1.82, 2.24) is 0 Å². The third-order valence-corrected chi connectivity index (χ3v) is 4.91. The van der Waals surface area contributed by atoms with E-state index < -0.39 is 15.8 Å². The Morgan fingerprint density at radius 1 is 1.14 bits per heavy atom. The standard InChI is InChI=1S/C14H15FN2O3S/c1-17(11-5-3-10(15)4-6-11)21(18,19)14-8-7-12(20-2)9-13(14)16/h3-9H,16H2,1-2H3. The van der Waals surface area contributed by atoms with Gasteiger partial charge in [-0.15, -0.1) is 0 Å². The van der Waals surface area contributed by atoms with Crippen LogP contribution in [0.3, 0.4) is 0 Å². The van der Waals surface area contributed by atoms with Crippen molar-refractivity contribution < 1.29 is 17.5 Å². The Kier molecular flexibility index (Phi) is 4.04. The maximum Gasteiger partial charge on any atom is 0.266 e. The number of rotatable bonds is 4. The number of benzene rings is 2. The lowest BCUT2D eigenvalue weighted by atomic mass is 10.3. The third-order valence-electron chi connectivity index (χ3n) is 3.05. The summed E-state index contributed by atoms with van der Waals surface area (Å²) in [4.78, 5) is -0.0323. The van der Waals surface area contributed by atoms with Crippen LogP contribution in [0.15, 0.2) is 47.4 Å². The van der Waals surface area contributed by atoms with Gasteiger partial charge >= 0.3 is 0 Å². The molecule has 5 nitrogen and oxygen atoms in total. The number of methoxy groups -OCH3 is 1. The quantitative estimate of drug-likeness (QED) is 0.879. The number of halogens is 1. The van der Waals surface area contributed by atoms with Gasteiger partial charge in [-0.1, -0.05) is 0 Å². The molecule has 0 amide bonds. The lowest BCUT2D eigenvalue weighted by Gasteiger charge is -2.20. The molecule has 7 heteroatoms. The van der Waals surface area contributed by atoms with E-state index in [1.54, 1.807) is 0 Å². The van der Waals surface area contributed by atoms with E-state index in [1.165, 1.54) is 56.6 Å². The second kappa shape index (κ2) is 5.61. The van der Waals surface area contributed by atoms with E-state index in [-0.39, 0.29) is 10.6 Å². The molecule has 2 aromatic rings. The third kappa shape index (κ3) is 2.92. The van der Waals surface area contributed by atoms with Crippen molar-refractivity contribution in [3.8, 4) is 5.75 Å². The smallest absolute Gasteiger partial charge is 0.266 e. The van der Waals surface area contributed by atoms with Crippen molar-refractivity contribution in [2.45, 2.75) is 4.90 Å². The first-order chi connectivity index (χ1) is 9.86. The first-order valence-corrected chi connectivity index (χ1v) is 7.48. The van der Waals surface area contributed by atoms with E-state index in [1.807, 2.05) is 0 Å². The van der Waals surface area contributed by atoms with Gasteiger partial charge in [0, 0.05) is 13.1 Å². The van der Waals surface area contributed by atoms with Crippen LogP contribution in [0.1, 0.15) is 0 Å². The van der Waals surface area contributed by atoms with Crippen LogP contribution < -0.4 is 14.8 Å². The number of nitrogen functional groups attached to an aromatic ring is 1. The molecule has 0 fully saturated rings. The fourth-order valence-corrected chi connectivity index (χ4v) is 3.12. The topological polar surface area (TPSA) is 72.6 Å². The van der Waals surface area contributed by atoms with E-state index in [4.69, 9.17) is 10.5 Å². The fraction of sp³-hybridized carbons (Fsp3) is 0.143. The maximum atomic E-state index is 12.9. The molecule has 2 rings (SSSR count). The number of nitrogens with zero attached hydrogens (tertiary/aromatic N) is 1. The molecule has 0 saturated heterocycles. The summed E-state index contributed by atoms with van der Waals surface area (Å²) in [7, 11) is -0.983. The van der Waals surface area contributed by atoms with Crippen LogP contribution in [0.2, 0.25) is 0 Å². The van der Waals surface area contributed by atoms with Gasteiger partial charge in [-0.25, -0.2) is 12.8 Å². The van der Waals surface area contributed by atoms with Crippen molar-refractivity contribution in [1.29, 1.82) is 0 Å². The van der Waals surface area contributed by atoms with Crippen LogP contribution in [0.25, 0.3) is 0 Å². The van der Waals surface area contributed by atoms with Crippen molar-refractivity contribution in [3.63, 3.8) is 0 Å². The lowest BCUT2D eigenvalue weighted by molar-refractivity contribution is 0.414. The molecular weight excluding hydrogens is 295 g/mol. The van der Waals surface area contributed by atoms with Crippen LogP contribution in [0.4, 0.5) is 15.8 Å². The molecule has 0 aliphatic rings. The highest BCUT2D eigenvalue weighted by molar-refractivity contribution is 7.93. The Hall–Kier alpha value is -2.28. The molecule has 0 atom stereocenters. The largest absolute Gasteiger partial charge is 0.497 e. The first kappa shape index (κ1) is 15.1. The predicted octanol–water partition coefficient (Wildman–Crippen LogP) is 2.24. The monoisotopic (exact) mass is 310 g/mol. The highest BCUT2D eigenvalue weighted by Gasteiger charge is 2.24. The van der Waals surface area contributed by atoms with E-state index >= 15 is 0 Å². The van der Waals surface area contributed by atoms with Gasteiger partial charge in [0.25, 0.3) is 10.0 Å². The minimum absolute atomic E-state index is 0.0323. The number of hydrogen-bond acceptors (Lipinski definition) is 4. The highest BCUT2D eigenvalue weighted by Crippen LogP contribution is 2.28. The molecule has 112 valence electrons. The maximum absolute atomic E-state index is 12.9. The summed E-state index contributed by atoms with van der Waals surface area (Å²) in [5.41, 5.74) is 6.20. The van der Waals surface area contributed by atoms with Gasteiger partial charge in [0.05, 0.1) is 18.5 Å². The molecule has 2 N–H and O–H groups in total.